The van der Waals surface area contributed by atoms with Crippen LogP contribution in [0, 0.1) is 6.92 Å². The van der Waals surface area contributed by atoms with Crippen LogP contribution in [0.5, 0.6) is 0 Å². The number of benzene rings is 2. The molecule has 2 amide bonds. The quantitative estimate of drug-likeness (QED) is 0.521. The number of anilines is 1. The van der Waals surface area contributed by atoms with Crippen LogP contribution in [-0.2, 0) is 26.2 Å². The van der Waals surface area contributed by atoms with Crippen LogP contribution in [0.25, 0.3) is 0 Å². The van der Waals surface area contributed by atoms with E-state index in [4.69, 9.17) is 11.6 Å². The first-order chi connectivity index (χ1) is 15.0. The van der Waals surface area contributed by atoms with Crippen LogP contribution in [0.4, 0.5) is 5.69 Å². The summed E-state index contributed by atoms with van der Waals surface area (Å²) in [6.45, 7) is 3.25. The molecule has 1 unspecified atom stereocenters. The van der Waals surface area contributed by atoms with Crippen molar-refractivity contribution in [1.82, 2.24) is 10.2 Å². The molecule has 2 rings (SSSR count). The highest BCUT2D eigenvalue weighted by molar-refractivity contribution is 9.10. The van der Waals surface area contributed by atoms with Crippen LogP contribution in [0.3, 0.4) is 0 Å². The Balaban J connectivity index is 2.46. The second-order valence-corrected chi connectivity index (χ2v) is 10.5. The van der Waals surface area contributed by atoms with E-state index >= 15 is 0 Å². The average Bonchev–Trinajstić information content (AvgIpc) is 2.74. The fourth-order valence-electron chi connectivity index (χ4n) is 3.29. The van der Waals surface area contributed by atoms with Crippen molar-refractivity contribution in [2.75, 3.05) is 24.2 Å². The second kappa shape index (κ2) is 11.2. The molecule has 1 N–H and O–H groups in total. The molecular formula is C22H27BrClN3O4S. The Morgan fingerprint density at radius 2 is 1.84 bits per heavy atom. The van der Waals surface area contributed by atoms with Crippen LogP contribution < -0.4 is 9.62 Å². The van der Waals surface area contributed by atoms with Crippen LogP contribution in [0.15, 0.2) is 46.9 Å². The van der Waals surface area contributed by atoms with E-state index in [9.17, 15) is 18.0 Å². The number of rotatable bonds is 9. The Morgan fingerprint density at radius 3 is 2.38 bits per heavy atom. The molecule has 0 aromatic heterocycles. The Labute approximate surface area is 202 Å². The largest absolute Gasteiger partial charge is 0.357 e. The third-order valence-electron chi connectivity index (χ3n) is 5.04. The summed E-state index contributed by atoms with van der Waals surface area (Å²) in [4.78, 5) is 27.4. The molecule has 0 saturated heterocycles. The SMILES string of the molecule is CCC(C(=O)NC)N(Cc1ccccc1Cl)C(=O)CN(c1ccc(Br)c(C)c1)S(C)(=O)=O. The van der Waals surface area contributed by atoms with Crippen molar-refractivity contribution < 1.29 is 18.0 Å². The van der Waals surface area contributed by atoms with Gasteiger partial charge in [0.05, 0.1) is 11.9 Å². The van der Waals surface area contributed by atoms with Gasteiger partial charge >= 0.3 is 0 Å². The number of carbonyl (C=O) groups excluding carboxylic acids is 2. The van der Waals surface area contributed by atoms with E-state index in [1.165, 1.54) is 11.9 Å². The van der Waals surface area contributed by atoms with Gasteiger partial charge in [0.1, 0.15) is 12.6 Å². The van der Waals surface area contributed by atoms with E-state index < -0.39 is 28.5 Å². The second-order valence-electron chi connectivity index (χ2n) is 7.35. The summed E-state index contributed by atoms with van der Waals surface area (Å²) in [6.07, 6.45) is 1.40. The van der Waals surface area contributed by atoms with Crippen molar-refractivity contribution in [2.24, 2.45) is 0 Å². The molecule has 7 nitrogen and oxygen atoms in total. The maximum absolute atomic E-state index is 13.4. The van der Waals surface area contributed by atoms with Crippen molar-refractivity contribution in [3.8, 4) is 0 Å². The number of aryl methyl sites for hydroxylation is 1. The molecule has 0 aliphatic heterocycles. The van der Waals surface area contributed by atoms with Gasteiger partial charge in [-0.25, -0.2) is 8.42 Å². The summed E-state index contributed by atoms with van der Waals surface area (Å²) in [7, 11) is -2.27. The summed E-state index contributed by atoms with van der Waals surface area (Å²) < 4.78 is 27.0. The third-order valence-corrected chi connectivity index (χ3v) is 7.44. The van der Waals surface area contributed by atoms with Gasteiger partial charge in [0.2, 0.25) is 21.8 Å². The number of halogens is 2. The molecule has 0 spiro atoms. The lowest BCUT2D eigenvalue weighted by molar-refractivity contribution is -0.140. The predicted octanol–water partition coefficient (Wildman–Crippen LogP) is 3.73. The topological polar surface area (TPSA) is 86.8 Å². The highest BCUT2D eigenvalue weighted by atomic mass is 79.9. The number of carbonyl (C=O) groups is 2. The molecule has 32 heavy (non-hydrogen) atoms. The first-order valence-corrected chi connectivity index (χ1v) is 13.0. The summed E-state index contributed by atoms with van der Waals surface area (Å²) >= 11 is 9.69. The molecule has 0 aliphatic carbocycles. The highest BCUT2D eigenvalue weighted by Gasteiger charge is 2.31. The minimum absolute atomic E-state index is 0.0708. The van der Waals surface area contributed by atoms with E-state index in [2.05, 4.69) is 21.2 Å². The van der Waals surface area contributed by atoms with Gasteiger partial charge in [0.25, 0.3) is 0 Å². The van der Waals surface area contributed by atoms with Crippen LogP contribution >= 0.6 is 27.5 Å². The zero-order chi connectivity index (χ0) is 24.1. The molecule has 10 heteroatoms. The summed E-state index contributed by atoms with van der Waals surface area (Å²) in [5.41, 5.74) is 1.86. The average molecular weight is 545 g/mol. The zero-order valence-corrected chi connectivity index (χ0v) is 21.6. The molecule has 2 aromatic carbocycles. The van der Waals surface area contributed by atoms with Crippen LogP contribution in [-0.4, -0.2) is 51.0 Å². The maximum Gasteiger partial charge on any atom is 0.244 e. The van der Waals surface area contributed by atoms with Gasteiger partial charge in [-0.3, -0.25) is 13.9 Å². The van der Waals surface area contributed by atoms with Crippen LogP contribution in [0.2, 0.25) is 5.02 Å². The van der Waals surface area contributed by atoms with E-state index in [0.29, 0.717) is 22.7 Å². The fourth-order valence-corrected chi connectivity index (χ4v) is 4.58. The van der Waals surface area contributed by atoms with E-state index in [-0.39, 0.29) is 12.5 Å². The van der Waals surface area contributed by atoms with Crippen molar-refractivity contribution in [3.63, 3.8) is 0 Å². The van der Waals surface area contributed by atoms with Gasteiger partial charge in [-0.2, -0.15) is 0 Å². The van der Waals surface area contributed by atoms with Gasteiger partial charge in [-0.1, -0.05) is 52.7 Å². The Bertz CT molecular complexity index is 1090. The molecule has 0 aliphatic rings. The standard InChI is InChI=1S/C22H27BrClN3O4S/c1-5-20(22(29)25-3)26(13-16-8-6-7-9-19(16)24)21(28)14-27(32(4,30)31)17-10-11-18(23)15(2)12-17/h6-12,20H,5,13-14H2,1-4H3,(H,25,29). The summed E-state index contributed by atoms with van der Waals surface area (Å²) in [6, 6.07) is 11.3. The number of hydrogen-bond acceptors (Lipinski definition) is 4. The molecule has 1 atom stereocenters. The summed E-state index contributed by atoms with van der Waals surface area (Å²) in [5, 5.41) is 3.04. The first-order valence-electron chi connectivity index (χ1n) is 9.97. The molecule has 0 bridgehead atoms. The monoisotopic (exact) mass is 543 g/mol. The van der Waals surface area contributed by atoms with Gasteiger partial charge in [-0.15, -0.1) is 0 Å². The van der Waals surface area contributed by atoms with E-state index in [0.717, 1.165) is 20.6 Å². The number of sulfonamides is 1. The molecule has 0 heterocycles. The normalized spacial score (nSPS) is 12.2. The molecule has 0 fully saturated rings. The molecule has 0 saturated carbocycles. The van der Waals surface area contributed by atoms with Crippen molar-refractivity contribution in [3.05, 3.63) is 63.1 Å². The Morgan fingerprint density at radius 1 is 1.19 bits per heavy atom. The lowest BCUT2D eigenvalue weighted by atomic mass is 10.1. The fraction of sp³-hybridized carbons (Fsp3) is 0.364. The first kappa shape index (κ1) is 26.2. The summed E-state index contributed by atoms with van der Waals surface area (Å²) in [5.74, 6) is -0.843. The van der Waals surface area contributed by atoms with Gasteiger partial charge in [0.15, 0.2) is 0 Å². The van der Waals surface area contributed by atoms with E-state index in [1.807, 2.05) is 6.92 Å². The molecule has 0 radical (unpaired) electrons. The Hall–Kier alpha value is -2.10. The van der Waals surface area contributed by atoms with Crippen molar-refractivity contribution in [2.45, 2.75) is 32.9 Å². The zero-order valence-electron chi connectivity index (χ0n) is 18.4. The highest BCUT2D eigenvalue weighted by Crippen LogP contribution is 2.26. The number of likely N-dealkylation sites (N-methyl/N-ethyl adjacent to an activating group) is 1. The number of hydrogen-bond donors (Lipinski definition) is 1. The molecule has 2 aromatic rings. The van der Waals surface area contributed by atoms with Crippen molar-refractivity contribution >= 4 is 55.1 Å². The van der Waals surface area contributed by atoms with Gasteiger partial charge in [-0.05, 0) is 48.7 Å². The minimum atomic E-state index is -3.77. The Kier molecular flexibility index (Phi) is 9.12. The lowest BCUT2D eigenvalue weighted by Gasteiger charge is -2.32. The maximum atomic E-state index is 13.4. The third kappa shape index (κ3) is 6.46. The number of nitrogens with zero attached hydrogens (tertiary/aromatic N) is 2. The van der Waals surface area contributed by atoms with Crippen molar-refractivity contribution in [1.29, 1.82) is 0 Å². The molecule has 174 valence electrons. The molecular weight excluding hydrogens is 518 g/mol. The minimum Gasteiger partial charge on any atom is -0.357 e. The lowest BCUT2D eigenvalue weighted by Crippen LogP contribution is -2.51. The van der Waals surface area contributed by atoms with Gasteiger partial charge in [0, 0.05) is 23.1 Å². The smallest absolute Gasteiger partial charge is 0.244 e. The predicted molar refractivity (Wildman–Crippen MR) is 131 cm³/mol. The van der Waals surface area contributed by atoms with Crippen LogP contribution in [0.1, 0.15) is 24.5 Å². The van der Waals surface area contributed by atoms with E-state index in [1.54, 1.807) is 49.4 Å². The number of nitrogens with one attached hydrogen (secondary N) is 1. The van der Waals surface area contributed by atoms with Gasteiger partial charge < -0.3 is 10.2 Å². The number of amides is 2.